The number of fused-ring (bicyclic) bond motifs is 1. The molecule has 0 fully saturated rings. The highest BCUT2D eigenvalue weighted by Gasteiger charge is 2.16. The first-order chi connectivity index (χ1) is 8.99. The Bertz CT molecular complexity index is 721. The van der Waals surface area contributed by atoms with Crippen molar-refractivity contribution in [1.29, 1.82) is 0 Å². The van der Waals surface area contributed by atoms with E-state index in [-0.39, 0.29) is 11.2 Å². The van der Waals surface area contributed by atoms with Crippen molar-refractivity contribution in [3.8, 4) is 0 Å². The van der Waals surface area contributed by atoms with Crippen LogP contribution in [0.4, 0.5) is 0 Å². The molecule has 0 unspecified atom stereocenters. The van der Waals surface area contributed by atoms with Gasteiger partial charge in [0.25, 0.3) is 5.56 Å². The molecule has 19 heavy (non-hydrogen) atoms. The molecule has 0 aliphatic carbocycles. The molecule has 0 saturated carbocycles. The fourth-order valence-electron chi connectivity index (χ4n) is 2.32. The molecular weight excluding hydrogens is 244 g/mol. The Hall–Kier alpha value is -1.85. The standard InChI is InChI=1S/C13H20N4O2/c1-5-6-7-8-9-14-11-10(15(9)2)12(18)17(4)13(19)16(11)3/h5-8H2,1-4H3. The number of unbranched alkanes of at least 4 members (excludes halogenated alkanes) is 2. The molecule has 0 bridgehead atoms. The van der Waals surface area contributed by atoms with Crippen LogP contribution in [0.2, 0.25) is 0 Å². The van der Waals surface area contributed by atoms with E-state index in [9.17, 15) is 9.59 Å². The van der Waals surface area contributed by atoms with Crippen molar-refractivity contribution in [1.82, 2.24) is 18.7 Å². The van der Waals surface area contributed by atoms with Crippen LogP contribution >= 0.6 is 0 Å². The first-order valence-electron chi connectivity index (χ1n) is 6.60. The fraction of sp³-hybridized carbons (Fsp3) is 0.615. The number of hydrogen-bond donors (Lipinski definition) is 0. The quantitative estimate of drug-likeness (QED) is 0.764. The Morgan fingerprint density at radius 1 is 1.00 bits per heavy atom. The summed E-state index contributed by atoms with van der Waals surface area (Å²) in [6.07, 6.45) is 4.16. The van der Waals surface area contributed by atoms with Gasteiger partial charge in [-0.2, -0.15) is 0 Å². The summed E-state index contributed by atoms with van der Waals surface area (Å²) in [6.45, 7) is 2.15. The molecule has 0 atom stereocenters. The lowest BCUT2D eigenvalue weighted by atomic mass is 10.2. The van der Waals surface area contributed by atoms with Gasteiger partial charge in [0.1, 0.15) is 5.82 Å². The average molecular weight is 264 g/mol. The Labute approximate surface area is 111 Å². The monoisotopic (exact) mass is 264 g/mol. The van der Waals surface area contributed by atoms with Crippen molar-refractivity contribution in [3.63, 3.8) is 0 Å². The van der Waals surface area contributed by atoms with E-state index >= 15 is 0 Å². The molecule has 104 valence electrons. The van der Waals surface area contributed by atoms with E-state index in [1.54, 1.807) is 7.05 Å². The maximum Gasteiger partial charge on any atom is 0.332 e. The first kappa shape index (κ1) is 13.6. The molecule has 2 heterocycles. The lowest BCUT2D eigenvalue weighted by molar-refractivity contribution is 0.675. The Morgan fingerprint density at radius 2 is 1.68 bits per heavy atom. The molecule has 0 aliphatic heterocycles. The highest BCUT2D eigenvalue weighted by molar-refractivity contribution is 5.70. The number of imidazole rings is 1. The number of nitrogens with zero attached hydrogens (tertiary/aromatic N) is 4. The van der Waals surface area contributed by atoms with E-state index in [0.29, 0.717) is 11.2 Å². The largest absolute Gasteiger partial charge is 0.332 e. The van der Waals surface area contributed by atoms with Crippen molar-refractivity contribution >= 4 is 11.2 Å². The summed E-state index contributed by atoms with van der Waals surface area (Å²) in [5, 5.41) is 0. The summed E-state index contributed by atoms with van der Waals surface area (Å²) in [6, 6.07) is 0. The van der Waals surface area contributed by atoms with Gasteiger partial charge in [0.05, 0.1) is 0 Å². The molecule has 2 aromatic heterocycles. The number of aromatic nitrogens is 4. The normalized spacial score (nSPS) is 11.4. The van der Waals surface area contributed by atoms with Gasteiger partial charge in [-0.05, 0) is 6.42 Å². The van der Waals surface area contributed by atoms with Crippen molar-refractivity contribution in [2.24, 2.45) is 21.1 Å². The van der Waals surface area contributed by atoms with Gasteiger partial charge in [-0.15, -0.1) is 0 Å². The molecule has 0 amide bonds. The van der Waals surface area contributed by atoms with E-state index < -0.39 is 0 Å². The lowest BCUT2D eigenvalue weighted by Crippen LogP contribution is -2.37. The van der Waals surface area contributed by atoms with E-state index in [0.717, 1.165) is 36.1 Å². The summed E-state index contributed by atoms with van der Waals surface area (Å²) in [5.41, 5.74) is 0.351. The molecule has 0 N–H and O–H groups in total. The lowest BCUT2D eigenvalue weighted by Gasteiger charge is -2.03. The maximum atomic E-state index is 12.2. The van der Waals surface area contributed by atoms with Crippen LogP contribution < -0.4 is 11.2 Å². The molecule has 0 aliphatic rings. The zero-order chi connectivity index (χ0) is 14.2. The third-order valence-corrected chi connectivity index (χ3v) is 3.57. The van der Waals surface area contributed by atoms with E-state index in [1.165, 1.54) is 11.6 Å². The minimum absolute atomic E-state index is 0.283. The number of aryl methyl sites for hydroxylation is 3. The average Bonchev–Trinajstić information content (AvgIpc) is 2.72. The van der Waals surface area contributed by atoms with Crippen LogP contribution in [-0.2, 0) is 27.6 Å². The summed E-state index contributed by atoms with van der Waals surface area (Å²) in [4.78, 5) is 28.5. The topological polar surface area (TPSA) is 61.8 Å². The summed E-state index contributed by atoms with van der Waals surface area (Å²) >= 11 is 0. The minimum atomic E-state index is -0.337. The van der Waals surface area contributed by atoms with Gasteiger partial charge in [-0.25, -0.2) is 9.78 Å². The second-order valence-electron chi connectivity index (χ2n) is 4.92. The van der Waals surface area contributed by atoms with E-state index in [1.807, 2.05) is 11.6 Å². The molecule has 6 nitrogen and oxygen atoms in total. The van der Waals surface area contributed by atoms with Crippen LogP contribution in [0.5, 0.6) is 0 Å². The predicted molar refractivity (Wildman–Crippen MR) is 74.4 cm³/mol. The van der Waals surface area contributed by atoms with Crippen LogP contribution in [0.1, 0.15) is 32.0 Å². The minimum Gasteiger partial charge on any atom is -0.325 e. The number of hydrogen-bond acceptors (Lipinski definition) is 3. The number of rotatable bonds is 4. The molecule has 2 aromatic rings. The Balaban J connectivity index is 2.64. The maximum absolute atomic E-state index is 12.2. The fourth-order valence-corrected chi connectivity index (χ4v) is 2.32. The third-order valence-electron chi connectivity index (χ3n) is 3.57. The highest BCUT2D eigenvalue weighted by Crippen LogP contribution is 2.11. The van der Waals surface area contributed by atoms with Crippen molar-refractivity contribution in [2.45, 2.75) is 32.6 Å². The van der Waals surface area contributed by atoms with Gasteiger partial charge in [-0.3, -0.25) is 13.9 Å². The third kappa shape index (κ3) is 2.11. The van der Waals surface area contributed by atoms with Gasteiger partial charge in [0.2, 0.25) is 0 Å². The van der Waals surface area contributed by atoms with E-state index in [4.69, 9.17) is 0 Å². The van der Waals surface area contributed by atoms with Gasteiger partial charge in [0.15, 0.2) is 11.2 Å². The van der Waals surface area contributed by atoms with Gasteiger partial charge >= 0.3 is 5.69 Å². The van der Waals surface area contributed by atoms with Crippen LogP contribution in [-0.4, -0.2) is 18.7 Å². The molecule has 0 aromatic carbocycles. The van der Waals surface area contributed by atoms with Crippen molar-refractivity contribution < 1.29 is 0 Å². The highest BCUT2D eigenvalue weighted by atomic mass is 16.2. The van der Waals surface area contributed by atoms with Crippen molar-refractivity contribution in [3.05, 3.63) is 26.7 Å². The molecule has 0 spiro atoms. The zero-order valence-corrected chi connectivity index (χ0v) is 11.9. The second kappa shape index (κ2) is 5.03. The summed E-state index contributed by atoms with van der Waals surface area (Å²) in [7, 11) is 4.98. The van der Waals surface area contributed by atoms with Crippen LogP contribution in [0.3, 0.4) is 0 Å². The summed E-state index contributed by atoms with van der Waals surface area (Å²) in [5.74, 6) is 0.863. The summed E-state index contributed by atoms with van der Waals surface area (Å²) < 4.78 is 4.37. The van der Waals surface area contributed by atoms with E-state index in [2.05, 4.69) is 11.9 Å². The zero-order valence-electron chi connectivity index (χ0n) is 11.9. The Morgan fingerprint density at radius 3 is 2.32 bits per heavy atom. The van der Waals surface area contributed by atoms with Crippen LogP contribution in [0.15, 0.2) is 9.59 Å². The Kier molecular flexibility index (Phi) is 3.59. The molecule has 0 saturated heterocycles. The van der Waals surface area contributed by atoms with Crippen molar-refractivity contribution in [2.75, 3.05) is 0 Å². The van der Waals surface area contributed by atoms with Gasteiger partial charge < -0.3 is 4.57 Å². The second-order valence-corrected chi connectivity index (χ2v) is 4.92. The van der Waals surface area contributed by atoms with Crippen LogP contribution in [0, 0.1) is 0 Å². The SMILES string of the molecule is CCCCCc1nc2c(c(=O)n(C)c(=O)n2C)n1C. The smallest absolute Gasteiger partial charge is 0.325 e. The van der Waals surface area contributed by atoms with Crippen LogP contribution in [0.25, 0.3) is 11.2 Å². The first-order valence-corrected chi connectivity index (χ1v) is 6.60. The van der Waals surface area contributed by atoms with Gasteiger partial charge in [0, 0.05) is 27.6 Å². The molecule has 0 radical (unpaired) electrons. The molecule has 2 rings (SSSR count). The molecule has 6 heteroatoms. The predicted octanol–water partition coefficient (Wildman–Crippen LogP) is 0.703. The van der Waals surface area contributed by atoms with Gasteiger partial charge in [-0.1, -0.05) is 19.8 Å². The molecular formula is C13H20N4O2.